The molecule has 104 valence electrons. The van der Waals surface area contributed by atoms with Crippen LogP contribution in [0, 0.1) is 6.92 Å². The fourth-order valence-corrected chi connectivity index (χ4v) is 2.97. The van der Waals surface area contributed by atoms with Gasteiger partial charge in [0, 0.05) is 24.4 Å². The molecule has 1 fully saturated rings. The summed E-state index contributed by atoms with van der Waals surface area (Å²) in [5.41, 5.74) is 0.344. The molecule has 7 heteroatoms. The summed E-state index contributed by atoms with van der Waals surface area (Å²) in [6.45, 7) is 3.07. The molecule has 1 aliphatic heterocycles. The first kappa shape index (κ1) is 13.9. The van der Waals surface area contributed by atoms with Gasteiger partial charge in [0.25, 0.3) is 5.91 Å². The average molecular weight is 284 g/mol. The summed E-state index contributed by atoms with van der Waals surface area (Å²) in [7, 11) is 1.38. The second-order valence-corrected chi connectivity index (χ2v) is 5.66. The highest BCUT2D eigenvalue weighted by Crippen LogP contribution is 2.24. The number of carbonyl (C=O) groups is 2. The van der Waals surface area contributed by atoms with E-state index in [1.807, 2.05) is 0 Å². The molecule has 2 heterocycles. The van der Waals surface area contributed by atoms with E-state index in [2.05, 4.69) is 9.89 Å². The topological polar surface area (TPSA) is 72.6 Å². The van der Waals surface area contributed by atoms with E-state index < -0.39 is 0 Å². The molecule has 0 spiro atoms. The van der Waals surface area contributed by atoms with Crippen LogP contribution in [0.15, 0.2) is 10.6 Å². The Hall–Kier alpha value is -1.50. The van der Waals surface area contributed by atoms with Gasteiger partial charge in [-0.05, 0) is 13.3 Å². The molecule has 0 unspecified atom stereocenters. The Kier molecular flexibility index (Phi) is 4.47. The number of carbonyl (C=O) groups excluding carboxylic acids is 2. The van der Waals surface area contributed by atoms with Gasteiger partial charge in [0.1, 0.15) is 5.76 Å². The van der Waals surface area contributed by atoms with Crippen molar-refractivity contribution in [2.45, 2.75) is 18.6 Å². The van der Waals surface area contributed by atoms with Gasteiger partial charge >= 0.3 is 5.97 Å². The van der Waals surface area contributed by atoms with E-state index >= 15 is 0 Å². The molecule has 0 aliphatic carbocycles. The number of hydrogen-bond acceptors (Lipinski definition) is 6. The molecule has 1 amide bonds. The molecule has 1 saturated heterocycles. The van der Waals surface area contributed by atoms with Crippen molar-refractivity contribution < 1.29 is 18.8 Å². The zero-order valence-electron chi connectivity index (χ0n) is 10.9. The monoisotopic (exact) mass is 284 g/mol. The molecule has 1 aromatic rings. The summed E-state index contributed by atoms with van der Waals surface area (Å²) in [6.07, 6.45) is 0.879. The van der Waals surface area contributed by atoms with Crippen molar-refractivity contribution in [3.8, 4) is 0 Å². The number of thioether (sulfide) groups is 1. The van der Waals surface area contributed by atoms with E-state index in [0.717, 1.165) is 6.42 Å². The summed E-state index contributed by atoms with van der Waals surface area (Å²) in [5, 5.41) is 4.00. The minimum Gasteiger partial charge on any atom is -0.468 e. The van der Waals surface area contributed by atoms with Crippen molar-refractivity contribution in [2.24, 2.45) is 0 Å². The SMILES string of the molecule is COC(=O)CS[C@@H]1CCN(C(=O)c2cc(C)on2)C1. The van der Waals surface area contributed by atoms with Gasteiger partial charge in [-0.1, -0.05) is 5.16 Å². The third-order valence-electron chi connectivity index (χ3n) is 2.94. The summed E-state index contributed by atoms with van der Waals surface area (Å²) in [4.78, 5) is 24.9. The van der Waals surface area contributed by atoms with Gasteiger partial charge in [0.05, 0.1) is 12.9 Å². The van der Waals surface area contributed by atoms with E-state index in [0.29, 0.717) is 30.3 Å². The third kappa shape index (κ3) is 3.50. The number of nitrogens with zero attached hydrogens (tertiary/aromatic N) is 2. The maximum atomic E-state index is 12.1. The lowest BCUT2D eigenvalue weighted by Crippen LogP contribution is -2.29. The molecular formula is C12H16N2O4S. The number of likely N-dealkylation sites (tertiary alicyclic amines) is 1. The van der Waals surface area contributed by atoms with Crippen LogP contribution >= 0.6 is 11.8 Å². The fraction of sp³-hybridized carbons (Fsp3) is 0.583. The Morgan fingerprint density at radius 2 is 2.42 bits per heavy atom. The number of hydrogen-bond donors (Lipinski definition) is 0. The van der Waals surface area contributed by atoms with Gasteiger partial charge in [-0.3, -0.25) is 9.59 Å². The van der Waals surface area contributed by atoms with Crippen LogP contribution in [0.4, 0.5) is 0 Å². The standard InChI is InChI=1S/C12H16N2O4S/c1-8-5-10(13-18-8)12(16)14-4-3-9(6-14)19-7-11(15)17-2/h5,9H,3-4,6-7H2,1-2H3/t9-/m1/s1. The highest BCUT2D eigenvalue weighted by atomic mass is 32.2. The summed E-state index contributed by atoms with van der Waals surface area (Å²) >= 11 is 1.53. The Balaban J connectivity index is 1.84. The lowest BCUT2D eigenvalue weighted by molar-refractivity contribution is -0.137. The fourth-order valence-electron chi connectivity index (χ4n) is 1.92. The predicted molar refractivity (Wildman–Crippen MR) is 70.0 cm³/mol. The number of rotatable bonds is 4. The lowest BCUT2D eigenvalue weighted by atomic mass is 10.3. The molecule has 0 aromatic carbocycles. The molecule has 2 rings (SSSR count). The van der Waals surface area contributed by atoms with Crippen LogP contribution in [0.3, 0.4) is 0 Å². The van der Waals surface area contributed by atoms with E-state index in [4.69, 9.17) is 4.52 Å². The summed E-state index contributed by atoms with van der Waals surface area (Å²) in [6, 6.07) is 1.64. The van der Waals surface area contributed by atoms with Crippen molar-refractivity contribution in [3.05, 3.63) is 17.5 Å². The van der Waals surface area contributed by atoms with Crippen molar-refractivity contribution in [3.63, 3.8) is 0 Å². The van der Waals surface area contributed by atoms with E-state index in [-0.39, 0.29) is 17.1 Å². The number of methoxy groups -OCH3 is 1. The predicted octanol–water partition coefficient (Wildman–Crippen LogP) is 1.10. The Labute approximate surface area is 115 Å². The van der Waals surface area contributed by atoms with Gasteiger partial charge in [0.15, 0.2) is 5.69 Å². The molecule has 1 atom stereocenters. The average Bonchev–Trinajstić information content (AvgIpc) is 3.04. The number of ether oxygens (including phenoxy) is 1. The normalized spacial score (nSPS) is 18.6. The van der Waals surface area contributed by atoms with Crippen LogP contribution in [-0.4, -0.2) is 53.1 Å². The van der Waals surface area contributed by atoms with Gasteiger partial charge in [-0.2, -0.15) is 0 Å². The van der Waals surface area contributed by atoms with Gasteiger partial charge in [-0.25, -0.2) is 0 Å². The van der Waals surface area contributed by atoms with Crippen LogP contribution < -0.4 is 0 Å². The smallest absolute Gasteiger partial charge is 0.315 e. The molecule has 19 heavy (non-hydrogen) atoms. The van der Waals surface area contributed by atoms with Gasteiger partial charge in [0.2, 0.25) is 0 Å². The van der Waals surface area contributed by atoms with Crippen LogP contribution in [0.5, 0.6) is 0 Å². The Morgan fingerprint density at radius 3 is 3.05 bits per heavy atom. The first-order valence-electron chi connectivity index (χ1n) is 6.01. The van der Waals surface area contributed by atoms with Crippen LogP contribution in [-0.2, 0) is 9.53 Å². The first-order valence-corrected chi connectivity index (χ1v) is 7.06. The largest absolute Gasteiger partial charge is 0.468 e. The summed E-state index contributed by atoms with van der Waals surface area (Å²) in [5.74, 6) is 0.603. The van der Waals surface area contributed by atoms with E-state index in [1.54, 1.807) is 17.9 Å². The maximum absolute atomic E-state index is 12.1. The van der Waals surface area contributed by atoms with Gasteiger partial charge in [-0.15, -0.1) is 11.8 Å². The Morgan fingerprint density at radius 1 is 1.63 bits per heavy atom. The highest BCUT2D eigenvalue weighted by molar-refractivity contribution is 8.00. The maximum Gasteiger partial charge on any atom is 0.315 e. The van der Waals surface area contributed by atoms with E-state index in [9.17, 15) is 9.59 Å². The summed E-state index contributed by atoms with van der Waals surface area (Å²) < 4.78 is 9.50. The quantitative estimate of drug-likeness (QED) is 0.771. The molecule has 0 bridgehead atoms. The molecule has 0 N–H and O–H groups in total. The van der Waals surface area contributed by atoms with Gasteiger partial charge < -0.3 is 14.2 Å². The highest BCUT2D eigenvalue weighted by Gasteiger charge is 2.29. The lowest BCUT2D eigenvalue weighted by Gasteiger charge is -2.14. The second-order valence-electron chi connectivity index (χ2n) is 4.37. The number of aromatic nitrogens is 1. The van der Waals surface area contributed by atoms with E-state index in [1.165, 1.54) is 18.9 Å². The number of amides is 1. The number of aryl methyl sites for hydroxylation is 1. The molecule has 6 nitrogen and oxygen atoms in total. The van der Waals surface area contributed by atoms with Crippen LogP contribution in [0.1, 0.15) is 22.7 Å². The number of esters is 1. The molecular weight excluding hydrogens is 268 g/mol. The third-order valence-corrected chi connectivity index (χ3v) is 4.20. The minimum absolute atomic E-state index is 0.113. The molecule has 0 radical (unpaired) electrons. The van der Waals surface area contributed by atoms with Crippen molar-refractivity contribution in [2.75, 3.05) is 26.0 Å². The zero-order valence-corrected chi connectivity index (χ0v) is 11.7. The van der Waals surface area contributed by atoms with Crippen molar-refractivity contribution >= 4 is 23.6 Å². The molecule has 1 aromatic heterocycles. The first-order chi connectivity index (χ1) is 9.10. The van der Waals surface area contributed by atoms with Crippen LogP contribution in [0.2, 0.25) is 0 Å². The zero-order chi connectivity index (χ0) is 13.8. The minimum atomic E-state index is -0.234. The second kappa shape index (κ2) is 6.10. The van der Waals surface area contributed by atoms with Crippen molar-refractivity contribution in [1.82, 2.24) is 10.1 Å². The van der Waals surface area contributed by atoms with Crippen LogP contribution in [0.25, 0.3) is 0 Å². The molecule has 0 saturated carbocycles. The van der Waals surface area contributed by atoms with Crippen molar-refractivity contribution in [1.29, 1.82) is 0 Å². The molecule has 1 aliphatic rings. The Bertz CT molecular complexity index is 474.